The number of hydrogen-bond acceptors (Lipinski definition) is 3. The van der Waals surface area contributed by atoms with Crippen molar-refractivity contribution in [3.63, 3.8) is 0 Å². The maximum absolute atomic E-state index is 13.7. The molecule has 0 radical (unpaired) electrons. The Morgan fingerprint density at radius 2 is 2.10 bits per heavy atom. The van der Waals surface area contributed by atoms with Gasteiger partial charge < -0.3 is 15.1 Å². The molecule has 21 heavy (non-hydrogen) atoms. The highest BCUT2D eigenvalue weighted by atomic mass is 19.1. The van der Waals surface area contributed by atoms with E-state index in [1.807, 2.05) is 0 Å². The van der Waals surface area contributed by atoms with Crippen molar-refractivity contribution in [3.8, 4) is 0 Å². The zero-order valence-electron chi connectivity index (χ0n) is 11.7. The normalized spacial score (nSPS) is 12.0. The first-order chi connectivity index (χ1) is 9.97. The zero-order chi connectivity index (χ0) is 15.4. The van der Waals surface area contributed by atoms with Crippen LogP contribution in [-0.4, -0.2) is 11.9 Å². The average molecular weight is 294 g/mol. The van der Waals surface area contributed by atoms with Gasteiger partial charge in [0.05, 0.1) is 18.5 Å². The maximum Gasteiger partial charge on any atom is 0.242 e. The van der Waals surface area contributed by atoms with E-state index in [4.69, 9.17) is 4.42 Å². The summed E-state index contributed by atoms with van der Waals surface area (Å²) in [6, 6.07) is 4.87. The number of nitrogens with one attached hydrogen (secondary N) is 2. The molecule has 0 spiro atoms. The SMILES string of the molecule is Cc1cc(F)c(NC(C)C(=O)NCc2ccco2)cc1F. The van der Waals surface area contributed by atoms with Crippen molar-refractivity contribution in [3.05, 3.63) is 53.5 Å². The number of rotatable bonds is 5. The highest BCUT2D eigenvalue weighted by Gasteiger charge is 2.15. The van der Waals surface area contributed by atoms with Crippen LogP contribution in [0.3, 0.4) is 0 Å². The molecule has 2 aromatic rings. The topological polar surface area (TPSA) is 54.3 Å². The Morgan fingerprint density at radius 3 is 2.76 bits per heavy atom. The quantitative estimate of drug-likeness (QED) is 0.891. The van der Waals surface area contributed by atoms with Crippen LogP contribution in [0, 0.1) is 18.6 Å². The number of amides is 1. The van der Waals surface area contributed by atoms with Gasteiger partial charge in [0.2, 0.25) is 5.91 Å². The second-order valence-electron chi connectivity index (χ2n) is 4.74. The van der Waals surface area contributed by atoms with Gasteiger partial charge >= 0.3 is 0 Å². The van der Waals surface area contributed by atoms with E-state index in [0.717, 1.165) is 12.1 Å². The molecular formula is C15H16F2N2O2. The molecule has 1 aromatic heterocycles. The van der Waals surface area contributed by atoms with Crippen molar-refractivity contribution >= 4 is 11.6 Å². The first-order valence-electron chi connectivity index (χ1n) is 6.49. The van der Waals surface area contributed by atoms with Crippen LogP contribution in [0.25, 0.3) is 0 Å². The third-order valence-electron chi connectivity index (χ3n) is 3.03. The minimum Gasteiger partial charge on any atom is -0.467 e. The molecule has 0 aliphatic carbocycles. The lowest BCUT2D eigenvalue weighted by molar-refractivity contribution is -0.121. The van der Waals surface area contributed by atoms with Crippen LogP contribution in [0.15, 0.2) is 34.9 Å². The Labute approximate surface area is 121 Å². The Balaban J connectivity index is 1.95. The number of anilines is 1. The molecule has 0 aliphatic heterocycles. The lowest BCUT2D eigenvalue weighted by atomic mass is 10.2. The number of aryl methyl sites for hydroxylation is 1. The standard InChI is InChI=1S/C15H16F2N2O2/c1-9-6-13(17)14(7-12(9)16)19-10(2)15(20)18-8-11-4-3-5-21-11/h3-7,10,19H,8H2,1-2H3,(H,18,20). The maximum atomic E-state index is 13.7. The van der Waals surface area contributed by atoms with Crippen molar-refractivity contribution in [2.24, 2.45) is 0 Å². The highest BCUT2D eigenvalue weighted by Crippen LogP contribution is 2.19. The van der Waals surface area contributed by atoms with Crippen molar-refractivity contribution in [1.29, 1.82) is 0 Å². The van der Waals surface area contributed by atoms with Crippen LogP contribution in [0.5, 0.6) is 0 Å². The predicted octanol–water partition coefficient (Wildman–Crippen LogP) is 2.98. The molecule has 1 amide bonds. The Kier molecular flexibility index (Phi) is 4.57. The van der Waals surface area contributed by atoms with E-state index in [1.165, 1.54) is 13.2 Å². The second-order valence-corrected chi connectivity index (χ2v) is 4.74. The number of halogens is 2. The smallest absolute Gasteiger partial charge is 0.242 e. The Bertz CT molecular complexity index is 627. The minimum atomic E-state index is -0.712. The van der Waals surface area contributed by atoms with E-state index in [1.54, 1.807) is 19.1 Å². The summed E-state index contributed by atoms with van der Waals surface area (Å²) in [6.45, 7) is 3.28. The summed E-state index contributed by atoms with van der Waals surface area (Å²) in [4.78, 5) is 11.9. The molecule has 1 atom stereocenters. The summed E-state index contributed by atoms with van der Waals surface area (Å²) in [5.74, 6) is -0.850. The van der Waals surface area contributed by atoms with Gasteiger partial charge in [-0.1, -0.05) is 0 Å². The summed E-state index contributed by atoms with van der Waals surface area (Å²) in [6.07, 6.45) is 1.51. The van der Waals surface area contributed by atoms with Crippen molar-refractivity contribution < 1.29 is 18.0 Å². The van der Waals surface area contributed by atoms with Gasteiger partial charge in [-0.2, -0.15) is 0 Å². The Hall–Kier alpha value is -2.37. The fourth-order valence-corrected chi connectivity index (χ4v) is 1.80. The molecule has 1 heterocycles. The molecule has 2 rings (SSSR count). The van der Waals surface area contributed by atoms with Gasteiger partial charge in [0.15, 0.2) is 0 Å². The Morgan fingerprint density at radius 1 is 1.33 bits per heavy atom. The summed E-state index contributed by atoms with van der Waals surface area (Å²) in [5.41, 5.74) is 0.173. The third kappa shape index (κ3) is 3.81. The number of furan rings is 1. The summed E-state index contributed by atoms with van der Waals surface area (Å²) in [5, 5.41) is 5.29. The van der Waals surface area contributed by atoms with Gasteiger partial charge in [-0.25, -0.2) is 8.78 Å². The molecule has 2 N–H and O–H groups in total. The van der Waals surface area contributed by atoms with Gasteiger partial charge in [0.1, 0.15) is 23.4 Å². The summed E-state index contributed by atoms with van der Waals surface area (Å²) in [7, 11) is 0. The number of hydrogen-bond donors (Lipinski definition) is 2. The van der Waals surface area contributed by atoms with E-state index in [0.29, 0.717) is 5.76 Å². The fraction of sp³-hybridized carbons (Fsp3) is 0.267. The average Bonchev–Trinajstić information content (AvgIpc) is 2.95. The first-order valence-corrected chi connectivity index (χ1v) is 6.49. The van der Waals surface area contributed by atoms with Crippen LogP contribution in [0.1, 0.15) is 18.2 Å². The lowest BCUT2D eigenvalue weighted by Crippen LogP contribution is -2.37. The van der Waals surface area contributed by atoms with E-state index >= 15 is 0 Å². The van der Waals surface area contributed by atoms with Crippen LogP contribution >= 0.6 is 0 Å². The van der Waals surface area contributed by atoms with Crippen LogP contribution in [0.2, 0.25) is 0 Å². The number of carbonyl (C=O) groups is 1. The van der Waals surface area contributed by atoms with Gasteiger partial charge in [0.25, 0.3) is 0 Å². The molecule has 0 saturated heterocycles. The van der Waals surface area contributed by atoms with Crippen molar-refractivity contribution in [2.75, 3.05) is 5.32 Å². The van der Waals surface area contributed by atoms with Crippen molar-refractivity contribution in [2.45, 2.75) is 26.4 Å². The predicted molar refractivity (Wildman–Crippen MR) is 74.7 cm³/mol. The monoisotopic (exact) mass is 294 g/mol. The van der Waals surface area contributed by atoms with E-state index < -0.39 is 17.7 Å². The van der Waals surface area contributed by atoms with Gasteiger partial charge in [0, 0.05) is 6.07 Å². The van der Waals surface area contributed by atoms with Crippen LogP contribution < -0.4 is 10.6 Å². The first kappa shape index (κ1) is 15.0. The van der Waals surface area contributed by atoms with E-state index in [9.17, 15) is 13.6 Å². The zero-order valence-corrected chi connectivity index (χ0v) is 11.7. The molecule has 1 unspecified atom stereocenters. The minimum absolute atomic E-state index is 0.0428. The molecule has 0 saturated carbocycles. The molecule has 1 aromatic carbocycles. The molecule has 4 nitrogen and oxygen atoms in total. The van der Waals surface area contributed by atoms with Gasteiger partial charge in [-0.15, -0.1) is 0 Å². The van der Waals surface area contributed by atoms with E-state index in [2.05, 4.69) is 10.6 Å². The summed E-state index contributed by atoms with van der Waals surface area (Å²) < 4.78 is 32.2. The van der Waals surface area contributed by atoms with Crippen molar-refractivity contribution in [1.82, 2.24) is 5.32 Å². The molecule has 0 aliphatic rings. The van der Waals surface area contributed by atoms with Gasteiger partial charge in [-0.3, -0.25) is 4.79 Å². The number of carbonyl (C=O) groups excluding carboxylic acids is 1. The second kappa shape index (κ2) is 6.39. The highest BCUT2D eigenvalue weighted by molar-refractivity contribution is 5.84. The van der Waals surface area contributed by atoms with Crippen LogP contribution in [0.4, 0.5) is 14.5 Å². The molecule has 0 bridgehead atoms. The largest absolute Gasteiger partial charge is 0.467 e. The number of benzene rings is 1. The molecule has 6 heteroatoms. The summed E-state index contributed by atoms with van der Waals surface area (Å²) >= 11 is 0. The fourth-order valence-electron chi connectivity index (χ4n) is 1.80. The molecular weight excluding hydrogens is 278 g/mol. The third-order valence-corrected chi connectivity index (χ3v) is 3.03. The van der Waals surface area contributed by atoms with E-state index in [-0.39, 0.29) is 23.7 Å². The molecule has 112 valence electrons. The lowest BCUT2D eigenvalue weighted by Gasteiger charge is -2.16. The van der Waals surface area contributed by atoms with Gasteiger partial charge in [-0.05, 0) is 37.6 Å². The molecule has 0 fully saturated rings. The van der Waals surface area contributed by atoms with Crippen LogP contribution in [-0.2, 0) is 11.3 Å².